The van der Waals surface area contributed by atoms with Crippen LogP contribution in [-0.4, -0.2) is 33.9 Å². The summed E-state index contributed by atoms with van der Waals surface area (Å²) >= 11 is 0. The molecule has 0 radical (unpaired) electrons. The van der Waals surface area contributed by atoms with Crippen LogP contribution in [0, 0.1) is 6.92 Å². The van der Waals surface area contributed by atoms with Gasteiger partial charge in [0.2, 0.25) is 0 Å². The van der Waals surface area contributed by atoms with Crippen LogP contribution in [0.25, 0.3) is 79.0 Å². The third-order valence-corrected chi connectivity index (χ3v) is 9.75. The van der Waals surface area contributed by atoms with Crippen LogP contribution in [0.1, 0.15) is 23.2 Å². The van der Waals surface area contributed by atoms with Gasteiger partial charge in [0.15, 0.2) is 11.6 Å². The molecule has 1 aliphatic carbocycles. The molecule has 0 fully saturated rings. The van der Waals surface area contributed by atoms with E-state index < -0.39 is 0 Å². The Morgan fingerprint density at radius 3 is 2.00 bits per heavy atom. The summed E-state index contributed by atoms with van der Waals surface area (Å²) in [7, 11) is 0. The van der Waals surface area contributed by atoms with Gasteiger partial charge in [-0.05, 0) is 79.9 Å². The molecule has 0 N–H and O–H groups in total. The Morgan fingerprint density at radius 2 is 1.24 bits per heavy atom. The number of aromatic nitrogens is 7. The van der Waals surface area contributed by atoms with Gasteiger partial charge in [-0.15, -0.1) is 10.2 Å². The first kappa shape index (κ1) is 28.4. The third-order valence-electron chi connectivity index (χ3n) is 9.75. The Balaban J connectivity index is 1.17. The lowest BCUT2D eigenvalue weighted by Gasteiger charge is -2.15. The number of hydrogen-bond acceptors (Lipinski definition) is 4. The molecule has 10 rings (SSSR count). The minimum atomic E-state index is 0.671. The average Bonchev–Trinajstić information content (AvgIpc) is 3.86. The zero-order valence-electron chi connectivity index (χ0n) is 27.4. The summed E-state index contributed by atoms with van der Waals surface area (Å²) < 4.78 is 6.67. The number of pyridine rings is 2. The van der Waals surface area contributed by atoms with Crippen LogP contribution < -0.4 is 0 Å². The Bertz CT molecular complexity index is 2730. The molecule has 50 heavy (non-hydrogen) atoms. The predicted molar refractivity (Wildman–Crippen MR) is 201 cm³/mol. The van der Waals surface area contributed by atoms with Crippen LogP contribution in [0.2, 0.25) is 0 Å². The van der Waals surface area contributed by atoms with E-state index in [0.717, 1.165) is 69.4 Å². The van der Waals surface area contributed by atoms with Gasteiger partial charge in [0.05, 0.1) is 16.6 Å². The zero-order chi connectivity index (χ0) is 33.2. The maximum Gasteiger partial charge on any atom is 0.187 e. The summed E-state index contributed by atoms with van der Waals surface area (Å²) in [6.07, 6.45) is 8.36. The van der Waals surface area contributed by atoms with Gasteiger partial charge < -0.3 is 0 Å². The fourth-order valence-electron chi connectivity index (χ4n) is 7.62. The van der Waals surface area contributed by atoms with Crippen LogP contribution in [0.4, 0.5) is 0 Å². The molecule has 0 bridgehead atoms. The predicted octanol–water partition coefficient (Wildman–Crippen LogP) is 9.70. The first-order valence-electron chi connectivity index (χ1n) is 17.0. The number of hydrogen-bond donors (Lipinski definition) is 0. The maximum atomic E-state index is 5.30. The molecule has 0 unspecified atom stereocenters. The van der Waals surface area contributed by atoms with Crippen LogP contribution in [0.5, 0.6) is 0 Å². The second kappa shape index (κ2) is 11.2. The summed E-state index contributed by atoms with van der Waals surface area (Å²) in [5, 5.41) is 13.3. The van der Waals surface area contributed by atoms with Crippen molar-refractivity contribution in [3.8, 4) is 40.2 Å². The van der Waals surface area contributed by atoms with E-state index in [0.29, 0.717) is 5.82 Å². The number of rotatable bonds is 5. The first-order valence-corrected chi connectivity index (χ1v) is 17.0. The molecule has 0 atom stereocenters. The Morgan fingerprint density at radius 1 is 0.580 bits per heavy atom. The third kappa shape index (κ3) is 4.37. The Labute approximate surface area is 288 Å². The van der Waals surface area contributed by atoms with E-state index in [2.05, 4.69) is 136 Å². The molecule has 0 amide bonds. The van der Waals surface area contributed by atoms with Gasteiger partial charge >= 0.3 is 0 Å². The molecule has 5 aromatic heterocycles. The number of benzene rings is 4. The number of allylic oxidation sites excluding steroid dienone is 1. The van der Waals surface area contributed by atoms with E-state index in [1.807, 2.05) is 30.5 Å². The summed E-state index contributed by atoms with van der Waals surface area (Å²) in [6.45, 7) is 2.11. The highest BCUT2D eigenvalue weighted by atomic mass is 15.3. The molecule has 1 aliphatic rings. The van der Waals surface area contributed by atoms with Gasteiger partial charge in [-0.2, -0.15) is 0 Å². The molecule has 7 nitrogen and oxygen atoms in total. The molecular weight excluding hydrogens is 615 g/mol. The normalized spacial score (nSPS) is 12.7. The molecule has 0 aliphatic heterocycles. The average molecular weight is 646 g/mol. The highest BCUT2D eigenvalue weighted by Gasteiger charge is 2.23. The molecule has 238 valence electrons. The minimum Gasteiger partial charge on any atom is -0.298 e. The van der Waals surface area contributed by atoms with Crippen LogP contribution in [0.15, 0.2) is 140 Å². The smallest absolute Gasteiger partial charge is 0.187 e. The molecule has 0 saturated carbocycles. The largest absolute Gasteiger partial charge is 0.298 e. The van der Waals surface area contributed by atoms with E-state index in [4.69, 9.17) is 20.2 Å². The van der Waals surface area contributed by atoms with Crippen molar-refractivity contribution in [2.45, 2.75) is 19.8 Å². The molecule has 0 saturated heterocycles. The zero-order valence-corrected chi connectivity index (χ0v) is 27.4. The molecule has 7 heteroatoms. The number of aryl methyl sites for hydroxylation is 1. The monoisotopic (exact) mass is 645 g/mol. The van der Waals surface area contributed by atoms with E-state index in [9.17, 15) is 0 Å². The standard InChI is InChI=1S/C43H31N7/c1-28-25-35(45-41(26-28)50-38-21-11-7-17-33(38)34-18-8-12-22-39(34)50)43-47-46-42(48(43)30-13-3-2-4-14-30)29-23-24-44-40(27-29)49-36-19-9-5-15-31(36)32-16-6-10-20-37(32)49/h2-9,11-19,21-27H,10,20H2,1H3. The van der Waals surface area contributed by atoms with E-state index >= 15 is 0 Å². The lowest BCUT2D eigenvalue weighted by atomic mass is 10.0. The lowest BCUT2D eigenvalue weighted by Crippen LogP contribution is -2.06. The highest BCUT2D eigenvalue weighted by molar-refractivity contribution is 6.09. The van der Waals surface area contributed by atoms with Crippen LogP contribution >= 0.6 is 0 Å². The number of nitrogens with zero attached hydrogens (tertiary/aromatic N) is 7. The van der Waals surface area contributed by atoms with Crippen molar-refractivity contribution < 1.29 is 0 Å². The van der Waals surface area contributed by atoms with E-state index in [-0.39, 0.29) is 0 Å². The second-order valence-electron chi connectivity index (χ2n) is 12.8. The number of fused-ring (bicyclic) bond motifs is 6. The van der Waals surface area contributed by atoms with Crippen molar-refractivity contribution in [2.24, 2.45) is 0 Å². The SMILES string of the molecule is Cc1cc(-c2nnc(-c3ccnc(-n4c5c(c6ccccc64)C=CCC5)c3)n2-c2ccccc2)nc(-n2c3ccccc3c3ccccc32)c1. The molecule has 9 aromatic rings. The van der Waals surface area contributed by atoms with Gasteiger partial charge in [0.25, 0.3) is 0 Å². The summed E-state index contributed by atoms with van der Waals surface area (Å²) in [5.41, 5.74) is 9.65. The van der Waals surface area contributed by atoms with Gasteiger partial charge in [-0.3, -0.25) is 13.7 Å². The molecule has 4 aromatic carbocycles. The van der Waals surface area contributed by atoms with Crippen LogP contribution in [0.3, 0.4) is 0 Å². The fourth-order valence-corrected chi connectivity index (χ4v) is 7.62. The molecule has 0 spiro atoms. The van der Waals surface area contributed by atoms with Crippen molar-refractivity contribution in [1.29, 1.82) is 0 Å². The summed E-state index contributed by atoms with van der Waals surface area (Å²) in [5.74, 6) is 3.10. The lowest BCUT2D eigenvalue weighted by molar-refractivity contribution is 0.871. The second-order valence-corrected chi connectivity index (χ2v) is 12.8. The molecule has 5 heterocycles. The quantitative estimate of drug-likeness (QED) is 0.187. The number of para-hydroxylation sites is 4. The van der Waals surface area contributed by atoms with Crippen LogP contribution in [-0.2, 0) is 6.42 Å². The summed E-state index contributed by atoms with van der Waals surface area (Å²) in [4.78, 5) is 10.2. The minimum absolute atomic E-state index is 0.671. The van der Waals surface area contributed by atoms with Crippen molar-refractivity contribution in [2.75, 3.05) is 0 Å². The van der Waals surface area contributed by atoms with E-state index in [1.165, 1.54) is 27.4 Å². The highest BCUT2D eigenvalue weighted by Crippen LogP contribution is 2.36. The van der Waals surface area contributed by atoms with E-state index in [1.54, 1.807) is 0 Å². The maximum absolute atomic E-state index is 5.30. The fraction of sp³-hybridized carbons (Fsp3) is 0.0698. The van der Waals surface area contributed by atoms with Gasteiger partial charge in [0.1, 0.15) is 17.3 Å². The molecular formula is C43H31N7. The summed E-state index contributed by atoms with van der Waals surface area (Å²) in [6, 6.07) is 44.3. The topological polar surface area (TPSA) is 66.3 Å². The van der Waals surface area contributed by atoms with Crippen molar-refractivity contribution in [1.82, 2.24) is 33.9 Å². The van der Waals surface area contributed by atoms with Gasteiger partial charge in [0, 0.05) is 44.9 Å². The van der Waals surface area contributed by atoms with Crippen molar-refractivity contribution >= 4 is 38.8 Å². The Kier molecular flexibility index (Phi) is 6.39. The first-order chi connectivity index (χ1) is 24.7. The van der Waals surface area contributed by atoms with Gasteiger partial charge in [-0.1, -0.05) is 84.9 Å². The Hall–Kier alpha value is -6.60. The van der Waals surface area contributed by atoms with Crippen molar-refractivity contribution in [3.63, 3.8) is 0 Å². The van der Waals surface area contributed by atoms with Crippen molar-refractivity contribution in [3.05, 3.63) is 156 Å². The van der Waals surface area contributed by atoms with Gasteiger partial charge in [-0.25, -0.2) is 9.97 Å².